The molecule has 4 rings (SSSR count). The molecule has 0 bridgehead atoms. The lowest BCUT2D eigenvalue weighted by Gasteiger charge is -2.38. The van der Waals surface area contributed by atoms with Gasteiger partial charge < -0.3 is 19.9 Å². The quantitative estimate of drug-likeness (QED) is 0.685. The highest BCUT2D eigenvalue weighted by atomic mass is 16.5. The number of nitrogens with one attached hydrogen (secondary N) is 1. The summed E-state index contributed by atoms with van der Waals surface area (Å²) >= 11 is 0. The number of piperazine rings is 1. The first-order valence-corrected chi connectivity index (χ1v) is 12.2. The van der Waals surface area contributed by atoms with Gasteiger partial charge in [0.1, 0.15) is 5.75 Å². The van der Waals surface area contributed by atoms with E-state index in [0.29, 0.717) is 18.6 Å². The maximum atomic E-state index is 13.0. The Morgan fingerprint density at radius 2 is 1.91 bits per heavy atom. The number of carbonyl (C=O) groups excluding carboxylic acids is 1. The van der Waals surface area contributed by atoms with Crippen LogP contribution in [0.2, 0.25) is 0 Å². The highest BCUT2D eigenvalue weighted by Crippen LogP contribution is 2.27. The number of anilines is 1. The largest absolute Gasteiger partial charge is 0.494 e. The van der Waals surface area contributed by atoms with Crippen LogP contribution < -0.4 is 15.0 Å². The molecule has 174 valence electrons. The molecule has 1 saturated carbocycles. The zero-order chi connectivity index (χ0) is 22.3. The summed E-state index contributed by atoms with van der Waals surface area (Å²) in [6, 6.07) is 8.77. The molecule has 1 N–H and O–H groups in total. The Bertz CT molecular complexity index is 867. The number of ether oxygens (including phenoxy) is 1. The summed E-state index contributed by atoms with van der Waals surface area (Å²) in [5, 5.41) is 8.09. The van der Waals surface area contributed by atoms with Crippen LogP contribution >= 0.6 is 0 Å². The van der Waals surface area contributed by atoms with Crippen LogP contribution in [0.1, 0.15) is 45.1 Å². The van der Waals surface area contributed by atoms with E-state index < -0.39 is 0 Å². The van der Waals surface area contributed by atoms with Gasteiger partial charge in [-0.15, -0.1) is 0 Å². The van der Waals surface area contributed by atoms with Crippen LogP contribution in [0.15, 0.2) is 36.7 Å². The molecule has 32 heavy (non-hydrogen) atoms. The molecule has 2 aliphatic rings. The van der Waals surface area contributed by atoms with Crippen molar-refractivity contribution >= 4 is 11.6 Å². The maximum absolute atomic E-state index is 13.0. The number of carbonyl (C=O) groups is 1. The van der Waals surface area contributed by atoms with Crippen LogP contribution in [0.3, 0.4) is 0 Å². The van der Waals surface area contributed by atoms with Crippen LogP contribution in [0, 0.1) is 5.92 Å². The van der Waals surface area contributed by atoms with Crippen LogP contribution in [-0.2, 0) is 11.3 Å². The normalized spacial score (nSPS) is 21.6. The maximum Gasteiger partial charge on any atom is 0.225 e. The topological polar surface area (TPSA) is 62.6 Å². The molecule has 2 heterocycles. The van der Waals surface area contributed by atoms with Crippen molar-refractivity contribution in [2.45, 2.75) is 52.1 Å². The lowest BCUT2D eigenvalue weighted by Crippen LogP contribution is -2.51. The van der Waals surface area contributed by atoms with Crippen molar-refractivity contribution in [3.05, 3.63) is 42.2 Å². The summed E-state index contributed by atoms with van der Waals surface area (Å²) in [5.41, 5.74) is 2.30. The van der Waals surface area contributed by atoms with Gasteiger partial charge in [0.25, 0.3) is 0 Å². The molecular weight excluding hydrogens is 402 g/mol. The lowest BCUT2D eigenvalue weighted by molar-refractivity contribution is -0.137. The monoisotopic (exact) mass is 439 g/mol. The van der Waals surface area contributed by atoms with Gasteiger partial charge in [-0.3, -0.25) is 9.48 Å². The number of amides is 1. The van der Waals surface area contributed by atoms with E-state index in [1.165, 1.54) is 5.56 Å². The first-order chi connectivity index (χ1) is 15.7. The van der Waals surface area contributed by atoms with Gasteiger partial charge in [-0.2, -0.15) is 5.10 Å². The highest BCUT2D eigenvalue weighted by molar-refractivity contribution is 5.79. The van der Waals surface area contributed by atoms with E-state index in [1.54, 1.807) is 0 Å². The van der Waals surface area contributed by atoms with Gasteiger partial charge in [0.15, 0.2) is 0 Å². The minimum atomic E-state index is 0.214. The van der Waals surface area contributed by atoms with Crippen molar-refractivity contribution in [1.29, 1.82) is 0 Å². The molecule has 0 spiro atoms. The Labute approximate surface area is 191 Å². The van der Waals surface area contributed by atoms with E-state index in [2.05, 4.69) is 45.5 Å². The number of hydrogen-bond acceptors (Lipinski definition) is 5. The van der Waals surface area contributed by atoms with Gasteiger partial charge in [-0.05, 0) is 56.8 Å². The first kappa shape index (κ1) is 22.6. The number of aromatic nitrogens is 2. The van der Waals surface area contributed by atoms with E-state index in [9.17, 15) is 4.79 Å². The molecule has 2 fully saturated rings. The zero-order valence-corrected chi connectivity index (χ0v) is 19.5. The van der Waals surface area contributed by atoms with Crippen LogP contribution in [0.25, 0.3) is 0 Å². The molecule has 0 atom stereocenters. The SMILES string of the molecule is CCN[C@H]1CC[C@H](C(=O)N2CCN(c3cnn(Cc4cccc(OCC)c4)c3)CC2)CC1. The minimum Gasteiger partial charge on any atom is -0.494 e. The van der Waals surface area contributed by atoms with E-state index in [4.69, 9.17) is 4.74 Å². The average molecular weight is 440 g/mol. The second-order valence-corrected chi connectivity index (χ2v) is 8.90. The average Bonchev–Trinajstić information content (AvgIpc) is 3.28. The van der Waals surface area contributed by atoms with Crippen molar-refractivity contribution < 1.29 is 9.53 Å². The second-order valence-electron chi connectivity index (χ2n) is 8.90. The van der Waals surface area contributed by atoms with Gasteiger partial charge in [-0.1, -0.05) is 19.1 Å². The summed E-state index contributed by atoms with van der Waals surface area (Å²) in [5.74, 6) is 1.48. The zero-order valence-electron chi connectivity index (χ0n) is 19.5. The molecule has 2 aromatic rings. The number of rotatable bonds is 8. The van der Waals surface area contributed by atoms with Crippen LogP contribution in [0.4, 0.5) is 5.69 Å². The Hall–Kier alpha value is -2.54. The fraction of sp³-hybridized carbons (Fsp3) is 0.600. The van der Waals surface area contributed by atoms with Gasteiger partial charge in [0.05, 0.1) is 25.0 Å². The van der Waals surface area contributed by atoms with Crippen LogP contribution in [0.5, 0.6) is 5.75 Å². The number of benzene rings is 1. The number of hydrogen-bond donors (Lipinski definition) is 1. The predicted molar refractivity (Wildman–Crippen MR) is 127 cm³/mol. The third-order valence-electron chi connectivity index (χ3n) is 6.70. The number of nitrogens with zero attached hydrogens (tertiary/aromatic N) is 4. The Morgan fingerprint density at radius 1 is 1.12 bits per heavy atom. The van der Waals surface area contributed by atoms with E-state index >= 15 is 0 Å². The van der Waals surface area contributed by atoms with Gasteiger partial charge in [0.2, 0.25) is 5.91 Å². The minimum absolute atomic E-state index is 0.214. The van der Waals surface area contributed by atoms with Crippen LogP contribution in [-0.4, -0.2) is 66.0 Å². The molecule has 1 amide bonds. The van der Waals surface area contributed by atoms with Crippen molar-refractivity contribution in [3.63, 3.8) is 0 Å². The second kappa shape index (κ2) is 10.9. The van der Waals surface area contributed by atoms with E-state index in [1.807, 2.05) is 29.9 Å². The fourth-order valence-corrected chi connectivity index (χ4v) is 4.97. The summed E-state index contributed by atoms with van der Waals surface area (Å²) in [7, 11) is 0. The third kappa shape index (κ3) is 5.63. The van der Waals surface area contributed by atoms with Crippen molar-refractivity contribution in [3.8, 4) is 5.75 Å². The molecule has 1 aliphatic heterocycles. The summed E-state index contributed by atoms with van der Waals surface area (Å²) < 4.78 is 7.57. The first-order valence-electron chi connectivity index (χ1n) is 12.2. The molecule has 0 radical (unpaired) electrons. The molecule has 1 saturated heterocycles. The third-order valence-corrected chi connectivity index (χ3v) is 6.70. The van der Waals surface area contributed by atoms with Gasteiger partial charge >= 0.3 is 0 Å². The molecule has 0 unspecified atom stereocenters. The van der Waals surface area contributed by atoms with Gasteiger partial charge in [0, 0.05) is 44.3 Å². The Morgan fingerprint density at radius 3 is 2.62 bits per heavy atom. The van der Waals surface area contributed by atoms with Crippen molar-refractivity contribution in [2.24, 2.45) is 5.92 Å². The van der Waals surface area contributed by atoms with Gasteiger partial charge in [-0.25, -0.2) is 0 Å². The smallest absolute Gasteiger partial charge is 0.225 e. The fourth-order valence-electron chi connectivity index (χ4n) is 4.97. The standard InChI is InChI=1S/C25H37N5O2/c1-3-26-22-10-8-21(9-11-22)25(31)29-14-12-28(13-15-29)23-17-27-30(19-23)18-20-6-5-7-24(16-20)32-4-2/h5-7,16-17,19,21-22,26H,3-4,8-15,18H2,1-2H3/t21-,22-. The summed E-state index contributed by atoms with van der Waals surface area (Å²) in [6.45, 7) is 9.88. The predicted octanol–water partition coefficient (Wildman–Crippen LogP) is 3.15. The lowest BCUT2D eigenvalue weighted by atomic mass is 9.85. The molecular formula is C25H37N5O2. The Kier molecular flexibility index (Phi) is 7.68. The Balaban J connectivity index is 1.26. The molecule has 7 nitrogen and oxygen atoms in total. The molecule has 1 aliphatic carbocycles. The van der Waals surface area contributed by atoms with E-state index in [-0.39, 0.29) is 5.92 Å². The van der Waals surface area contributed by atoms with Crippen molar-refractivity contribution in [1.82, 2.24) is 20.0 Å². The molecule has 1 aromatic carbocycles. The summed E-state index contributed by atoms with van der Waals surface area (Å²) in [6.07, 6.45) is 8.33. The van der Waals surface area contributed by atoms with E-state index in [0.717, 1.165) is 76.4 Å². The molecule has 1 aromatic heterocycles. The van der Waals surface area contributed by atoms with Crippen molar-refractivity contribution in [2.75, 3.05) is 44.2 Å². The summed E-state index contributed by atoms with van der Waals surface area (Å²) in [4.78, 5) is 17.4. The highest BCUT2D eigenvalue weighted by Gasteiger charge is 2.31. The molecule has 7 heteroatoms.